The predicted molar refractivity (Wildman–Crippen MR) is 65.7 cm³/mol. The summed E-state index contributed by atoms with van der Waals surface area (Å²) in [5, 5.41) is 2.68. The van der Waals surface area contributed by atoms with Crippen LogP contribution in [0, 0.1) is 0 Å². The number of nitrogens with two attached hydrogens (primary N) is 1. The Balaban J connectivity index is 2.13. The Morgan fingerprint density at radius 3 is 2.53 bits per heavy atom. The van der Waals surface area contributed by atoms with E-state index in [9.17, 15) is 9.59 Å². The summed E-state index contributed by atoms with van der Waals surface area (Å²) in [5.41, 5.74) is 7.19. The van der Waals surface area contributed by atoms with Crippen LogP contribution in [0.25, 0.3) is 0 Å². The van der Waals surface area contributed by atoms with Crippen LogP contribution in [-0.2, 0) is 9.59 Å². The van der Waals surface area contributed by atoms with Gasteiger partial charge in [-0.1, -0.05) is 0 Å². The first-order valence-corrected chi connectivity index (χ1v) is 5.52. The number of hydrogen-bond acceptors (Lipinski definition) is 3. The molecule has 17 heavy (non-hydrogen) atoms. The fourth-order valence-electron chi connectivity index (χ4n) is 1.89. The van der Waals surface area contributed by atoms with Crippen LogP contribution in [0.2, 0.25) is 0 Å². The lowest BCUT2D eigenvalue weighted by atomic mass is 10.2. The number of carbonyl (C=O) groups is 2. The number of nitrogens with one attached hydrogen (secondary N) is 1. The molecule has 90 valence electrons. The molecule has 0 aromatic heterocycles. The van der Waals surface area contributed by atoms with Gasteiger partial charge in [-0.3, -0.25) is 9.59 Å². The molecule has 2 amide bonds. The van der Waals surface area contributed by atoms with Gasteiger partial charge in [-0.2, -0.15) is 0 Å². The molecule has 1 aliphatic rings. The average Bonchev–Trinajstić information content (AvgIpc) is 2.60. The monoisotopic (exact) mass is 233 g/mol. The van der Waals surface area contributed by atoms with E-state index in [1.54, 1.807) is 29.2 Å². The third-order valence-corrected chi connectivity index (χ3v) is 2.75. The Kier molecular flexibility index (Phi) is 3.10. The van der Waals surface area contributed by atoms with Gasteiger partial charge in [-0.05, 0) is 30.7 Å². The zero-order valence-corrected chi connectivity index (χ0v) is 9.64. The van der Waals surface area contributed by atoms with Crippen LogP contribution in [0.5, 0.6) is 0 Å². The number of rotatable bonds is 2. The van der Waals surface area contributed by atoms with Gasteiger partial charge >= 0.3 is 0 Å². The van der Waals surface area contributed by atoms with E-state index in [1.165, 1.54) is 6.92 Å². The number of anilines is 2. The Morgan fingerprint density at radius 2 is 2.06 bits per heavy atom. The summed E-state index contributed by atoms with van der Waals surface area (Å²) >= 11 is 0. The van der Waals surface area contributed by atoms with E-state index in [2.05, 4.69) is 5.32 Å². The van der Waals surface area contributed by atoms with Gasteiger partial charge in [0.15, 0.2) is 0 Å². The van der Waals surface area contributed by atoms with Gasteiger partial charge in [0.2, 0.25) is 11.8 Å². The molecule has 0 spiro atoms. The lowest BCUT2D eigenvalue weighted by Crippen LogP contribution is -2.33. The first-order valence-electron chi connectivity index (χ1n) is 5.52. The standard InChI is InChI=1S/C12H15N3O2/c1-8(16)14-9-2-4-10(5-3-9)15-7-6-11(13)12(15)17/h2-5,11H,6-7,13H2,1H3,(H,14,16). The molecule has 3 N–H and O–H groups in total. The zero-order chi connectivity index (χ0) is 12.4. The van der Waals surface area contributed by atoms with Crippen molar-refractivity contribution in [3.8, 4) is 0 Å². The number of nitrogens with zero attached hydrogens (tertiary/aromatic N) is 1. The highest BCUT2D eigenvalue weighted by molar-refractivity contribution is 5.99. The molecule has 1 atom stereocenters. The number of amides is 2. The van der Waals surface area contributed by atoms with Crippen molar-refractivity contribution in [2.45, 2.75) is 19.4 Å². The Bertz CT molecular complexity index is 442. The Hall–Kier alpha value is -1.88. The average molecular weight is 233 g/mol. The molecule has 5 heteroatoms. The molecule has 1 aromatic rings. The quantitative estimate of drug-likeness (QED) is 0.789. The maximum absolute atomic E-state index is 11.7. The highest BCUT2D eigenvalue weighted by Gasteiger charge is 2.29. The molecule has 1 aromatic carbocycles. The molecular weight excluding hydrogens is 218 g/mol. The second kappa shape index (κ2) is 4.55. The van der Waals surface area contributed by atoms with Gasteiger partial charge in [-0.25, -0.2) is 0 Å². The summed E-state index contributed by atoms with van der Waals surface area (Å²) < 4.78 is 0. The van der Waals surface area contributed by atoms with E-state index in [4.69, 9.17) is 5.73 Å². The molecular formula is C12H15N3O2. The van der Waals surface area contributed by atoms with Gasteiger partial charge in [0.1, 0.15) is 0 Å². The summed E-state index contributed by atoms with van der Waals surface area (Å²) in [6, 6.07) is 6.77. The molecule has 0 bridgehead atoms. The predicted octanol–water partition coefficient (Wildman–Crippen LogP) is 0.709. The number of hydrogen-bond donors (Lipinski definition) is 2. The van der Waals surface area contributed by atoms with Crippen LogP contribution in [-0.4, -0.2) is 24.4 Å². The van der Waals surface area contributed by atoms with Crippen molar-refractivity contribution in [3.05, 3.63) is 24.3 Å². The van der Waals surface area contributed by atoms with E-state index in [0.29, 0.717) is 13.0 Å². The first kappa shape index (κ1) is 11.6. The lowest BCUT2D eigenvalue weighted by Gasteiger charge is -2.16. The fraction of sp³-hybridized carbons (Fsp3) is 0.333. The maximum atomic E-state index is 11.7. The van der Waals surface area contributed by atoms with Crippen LogP contribution < -0.4 is 16.0 Å². The number of benzene rings is 1. The highest BCUT2D eigenvalue weighted by Crippen LogP contribution is 2.22. The van der Waals surface area contributed by atoms with Crippen molar-refractivity contribution in [3.63, 3.8) is 0 Å². The van der Waals surface area contributed by atoms with E-state index in [1.807, 2.05) is 0 Å². The molecule has 5 nitrogen and oxygen atoms in total. The molecule has 0 saturated carbocycles. The van der Waals surface area contributed by atoms with Gasteiger partial charge in [0.25, 0.3) is 0 Å². The molecule has 1 aliphatic heterocycles. The minimum absolute atomic E-state index is 0.0442. The van der Waals surface area contributed by atoms with Gasteiger partial charge in [0, 0.05) is 24.8 Å². The van der Waals surface area contributed by atoms with Crippen LogP contribution in [0.3, 0.4) is 0 Å². The maximum Gasteiger partial charge on any atom is 0.243 e. The topological polar surface area (TPSA) is 75.4 Å². The molecule has 1 saturated heterocycles. The van der Waals surface area contributed by atoms with Crippen molar-refractivity contribution in [1.29, 1.82) is 0 Å². The molecule has 0 aliphatic carbocycles. The third-order valence-electron chi connectivity index (χ3n) is 2.75. The molecule has 1 fully saturated rings. The highest BCUT2D eigenvalue weighted by atomic mass is 16.2. The van der Waals surface area contributed by atoms with Gasteiger partial charge in [0.05, 0.1) is 6.04 Å². The SMILES string of the molecule is CC(=O)Nc1ccc(N2CCC(N)C2=O)cc1. The summed E-state index contributed by atoms with van der Waals surface area (Å²) in [6.07, 6.45) is 0.687. The fourth-order valence-corrected chi connectivity index (χ4v) is 1.89. The second-order valence-corrected chi connectivity index (χ2v) is 4.11. The second-order valence-electron chi connectivity index (χ2n) is 4.11. The van der Waals surface area contributed by atoms with Crippen LogP contribution in [0.15, 0.2) is 24.3 Å². The largest absolute Gasteiger partial charge is 0.326 e. The van der Waals surface area contributed by atoms with E-state index in [0.717, 1.165) is 11.4 Å². The van der Waals surface area contributed by atoms with Crippen molar-refractivity contribution in [2.24, 2.45) is 5.73 Å². The summed E-state index contributed by atoms with van der Waals surface area (Å²) in [5.74, 6) is -0.158. The lowest BCUT2D eigenvalue weighted by molar-refractivity contribution is -0.118. The van der Waals surface area contributed by atoms with Gasteiger partial charge < -0.3 is 16.0 Å². The van der Waals surface area contributed by atoms with E-state index >= 15 is 0 Å². The van der Waals surface area contributed by atoms with Gasteiger partial charge in [-0.15, -0.1) is 0 Å². The normalized spacial score (nSPS) is 19.5. The van der Waals surface area contributed by atoms with E-state index < -0.39 is 0 Å². The van der Waals surface area contributed by atoms with Crippen molar-refractivity contribution >= 4 is 23.2 Å². The Morgan fingerprint density at radius 1 is 1.41 bits per heavy atom. The van der Waals surface area contributed by atoms with Crippen LogP contribution >= 0.6 is 0 Å². The first-order chi connectivity index (χ1) is 8.08. The number of carbonyl (C=O) groups excluding carboxylic acids is 2. The molecule has 1 heterocycles. The third kappa shape index (κ3) is 2.45. The Labute approximate surface area is 99.6 Å². The van der Waals surface area contributed by atoms with Crippen molar-refractivity contribution in [2.75, 3.05) is 16.8 Å². The minimum atomic E-state index is -0.384. The minimum Gasteiger partial charge on any atom is -0.326 e. The molecule has 0 radical (unpaired) electrons. The van der Waals surface area contributed by atoms with E-state index in [-0.39, 0.29) is 17.9 Å². The van der Waals surface area contributed by atoms with Crippen molar-refractivity contribution in [1.82, 2.24) is 0 Å². The zero-order valence-electron chi connectivity index (χ0n) is 9.64. The summed E-state index contributed by atoms with van der Waals surface area (Å²) in [7, 11) is 0. The van der Waals surface area contributed by atoms with Crippen LogP contribution in [0.1, 0.15) is 13.3 Å². The van der Waals surface area contributed by atoms with Crippen LogP contribution in [0.4, 0.5) is 11.4 Å². The summed E-state index contributed by atoms with van der Waals surface area (Å²) in [4.78, 5) is 24.2. The van der Waals surface area contributed by atoms with Crippen molar-refractivity contribution < 1.29 is 9.59 Å². The summed E-state index contributed by atoms with van der Waals surface area (Å²) in [6.45, 7) is 2.11. The molecule has 2 rings (SSSR count). The smallest absolute Gasteiger partial charge is 0.243 e. The molecule has 1 unspecified atom stereocenters.